The van der Waals surface area contributed by atoms with Crippen LogP contribution in [0.5, 0.6) is 5.75 Å². The van der Waals surface area contributed by atoms with Crippen LogP contribution in [0.1, 0.15) is 25.3 Å². The number of rotatable bonds is 5. The standard InChI is InChI=1S/C17H23F3N2O2.ClH/c1-12(16(23)22-9-5-6-13(11-22)10-21-2)24-15-8-4-3-7-14(15)17(18,19)20;/h3-4,7-8,12-13,21H,5-6,9-11H2,1-2H3;1H. The van der Waals surface area contributed by atoms with E-state index in [-0.39, 0.29) is 24.1 Å². The first kappa shape index (κ1) is 21.6. The molecule has 2 atom stereocenters. The highest BCUT2D eigenvalue weighted by atomic mass is 35.5. The summed E-state index contributed by atoms with van der Waals surface area (Å²) in [5.74, 6) is -0.218. The molecule has 1 aromatic rings. The Hall–Kier alpha value is -1.47. The van der Waals surface area contributed by atoms with Crippen LogP contribution in [0, 0.1) is 5.92 Å². The van der Waals surface area contributed by atoms with E-state index in [0.717, 1.165) is 25.5 Å². The van der Waals surface area contributed by atoms with Crippen LogP contribution >= 0.6 is 12.4 Å². The zero-order chi connectivity index (χ0) is 17.7. The second-order valence-electron chi connectivity index (χ2n) is 6.10. The molecule has 0 spiro atoms. The van der Waals surface area contributed by atoms with Crippen LogP contribution < -0.4 is 10.1 Å². The molecule has 1 saturated heterocycles. The minimum Gasteiger partial charge on any atom is -0.480 e. The predicted octanol–water partition coefficient (Wildman–Crippen LogP) is 3.35. The number of amides is 1. The molecule has 0 saturated carbocycles. The van der Waals surface area contributed by atoms with Crippen molar-refractivity contribution >= 4 is 18.3 Å². The van der Waals surface area contributed by atoms with Crippen molar-refractivity contribution in [2.75, 3.05) is 26.7 Å². The Morgan fingerprint density at radius 2 is 2.08 bits per heavy atom. The van der Waals surface area contributed by atoms with E-state index in [1.807, 2.05) is 7.05 Å². The molecule has 1 heterocycles. The third-order valence-corrected chi connectivity index (χ3v) is 4.17. The van der Waals surface area contributed by atoms with Gasteiger partial charge in [-0.15, -0.1) is 12.4 Å². The van der Waals surface area contributed by atoms with Crippen LogP contribution in [0.25, 0.3) is 0 Å². The molecule has 1 N–H and O–H groups in total. The third-order valence-electron chi connectivity index (χ3n) is 4.17. The van der Waals surface area contributed by atoms with Gasteiger partial charge in [-0.25, -0.2) is 0 Å². The maximum atomic E-state index is 13.0. The van der Waals surface area contributed by atoms with Gasteiger partial charge in [0.1, 0.15) is 5.75 Å². The number of nitrogens with zero attached hydrogens (tertiary/aromatic N) is 1. The first-order valence-electron chi connectivity index (χ1n) is 8.09. The first-order valence-corrected chi connectivity index (χ1v) is 8.09. The van der Waals surface area contributed by atoms with Gasteiger partial charge in [0.15, 0.2) is 6.10 Å². The van der Waals surface area contributed by atoms with Gasteiger partial charge in [-0.2, -0.15) is 13.2 Å². The van der Waals surface area contributed by atoms with Crippen molar-refractivity contribution in [3.63, 3.8) is 0 Å². The van der Waals surface area contributed by atoms with Gasteiger partial charge in [0, 0.05) is 13.1 Å². The van der Waals surface area contributed by atoms with Gasteiger partial charge in [0.05, 0.1) is 5.56 Å². The van der Waals surface area contributed by atoms with E-state index in [2.05, 4.69) is 5.32 Å². The van der Waals surface area contributed by atoms with E-state index >= 15 is 0 Å². The average Bonchev–Trinajstić information content (AvgIpc) is 2.54. The molecular weight excluding hydrogens is 357 g/mol. The lowest BCUT2D eigenvalue weighted by molar-refractivity contribution is -0.144. The maximum absolute atomic E-state index is 13.0. The van der Waals surface area contributed by atoms with Crippen molar-refractivity contribution in [2.45, 2.75) is 32.0 Å². The average molecular weight is 381 g/mol. The Kier molecular flexibility index (Phi) is 8.02. The number of ether oxygens (including phenoxy) is 1. The summed E-state index contributed by atoms with van der Waals surface area (Å²) < 4.78 is 44.4. The second-order valence-corrected chi connectivity index (χ2v) is 6.10. The fourth-order valence-electron chi connectivity index (χ4n) is 3.02. The zero-order valence-electron chi connectivity index (χ0n) is 14.3. The summed E-state index contributed by atoms with van der Waals surface area (Å²) in [6, 6.07) is 4.96. The topological polar surface area (TPSA) is 41.6 Å². The number of halogens is 4. The van der Waals surface area contributed by atoms with Gasteiger partial charge in [-0.05, 0) is 51.4 Å². The lowest BCUT2D eigenvalue weighted by atomic mass is 9.97. The number of para-hydroxylation sites is 1. The van der Waals surface area contributed by atoms with Crippen molar-refractivity contribution in [1.82, 2.24) is 10.2 Å². The van der Waals surface area contributed by atoms with Crippen LogP contribution in [0.15, 0.2) is 24.3 Å². The van der Waals surface area contributed by atoms with Gasteiger partial charge < -0.3 is 15.0 Å². The van der Waals surface area contributed by atoms with Crippen LogP contribution in [0.4, 0.5) is 13.2 Å². The molecule has 0 radical (unpaired) electrons. The summed E-state index contributed by atoms with van der Waals surface area (Å²) in [6.07, 6.45) is -3.54. The van der Waals surface area contributed by atoms with E-state index in [0.29, 0.717) is 19.0 Å². The van der Waals surface area contributed by atoms with Crippen molar-refractivity contribution in [3.8, 4) is 5.75 Å². The molecule has 0 bridgehead atoms. The highest BCUT2D eigenvalue weighted by Crippen LogP contribution is 2.36. The zero-order valence-corrected chi connectivity index (χ0v) is 15.1. The number of nitrogens with one attached hydrogen (secondary N) is 1. The monoisotopic (exact) mass is 380 g/mol. The summed E-state index contributed by atoms with van der Waals surface area (Å²) in [5.41, 5.74) is -0.864. The Labute approximate surface area is 152 Å². The largest absolute Gasteiger partial charge is 0.480 e. The smallest absolute Gasteiger partial charge is 0.419 e. The number of likely N-dealkylation sites (tertiary alicyclic amines) is 1. The molecule has 1 aromatic carbocycles. The van der Waals surface area contributed by atoms with Crippen molar-refractivity contribution < 1.29 is 22.7 Å². The van der Waals surface area contributed by atoms with Crippen LogP contribution in [-0.2, 0) is 11.0 Å². The molecule has 8 heteroatoms. The summed E-state index contributed by atoms with van der Waals surface area (Å²) in [7, 11) is 1.86. The van der Waals surface area contributed by atoms with Gasteiger partial charge in [0.2, 0.25) is 0 Å². The number of carbonyl (C=O) groups is 1. The van der Waals surface area contributed by atoms with Crippen LogP contribution in [-0.4, -0.2) is 43.6 Å². The molecule has 1 aliphatic rings. The molecule has 2 unspecified atom stereocenters. The van der Waals surface area contributed by atoms with Gasteiger partial charge in [-0.1, -0.05) is 12.1 Å². The first-order chi connectivity index (χ1) is 11.3. The molecule has 0 aromatic heterocycles. The number of benzene rings is 1. The summed E-state index contributed by atoms with van der Waals surface area (Å²) >= 11 is 0. The normalized spacial score (nSPS) is 19.1. The van der Waals surface area contributed by atoms with E-state index in [1.54, 1.807) is 4.90 Å². The SMILES string of the molecule is CNCC1CCCN(C(=O)C(C)Oc2ccccc2C(F)(F)F)C1.Cl. The lowest BCUT2D eigenvalue weighted by Crippen LogP contribution is -2.47. The molecule has 25 heavy (non-hydrogen) atoms. The molecule has 142 valence electrons. The molecule has 1 aliphatic heterocycles. The van der Waals surface area contributed by atoms with E-state index in [1.165, 1.54) is 25.1 Å². The van der Waals surface area contributed by atoms with Gasteiger partial charge in [0.25, 0.3) is 5.91 Å². The molecule has 0 aliphatic carbocycles. The van der Waals surface area contributed by atoms with Crippen molar-refractivity contribution in [3.05, 3.63) is 29.8 Å². The van der Waals surface area contributed by atoms with E-state index in [9.17, 15) is 18.0 Å². The Morgan fingerprint density at radius 3 is 2.72 bits per heavy atom. The minimum atomic E-state index is -4.51. The molecule has 1 amide bonds. The minimum absolute atomic E-state index is 0. The molecule has 4 nitrogen and oxygen atoms in total. The Morgan fingerprint density at radius 1 is 1.40 bits per heavy atom. The number of piperidine rings is 1. The van der Waals surface area contributed by atoms with Crippen molar-refractivity contribution in [2.24, 2.45) is 5.92 Å². The predicted molar refractivity (Wildman–Crippen MR) is 92.0 cm³/mol. The van der Waals surface area contributed by atoms with Gasteiger partial charge >= 0.3 is 6.18 Å². The maximum Gasteiger partial charge on any atom is 0.419 e. The number of hydrogen-bond donors (Lipinski definition) is 1. The Bertz CT molecular complexity index is 567. The number of hydrogen-bond acceptors (Lipinski definition) is 3. The van der Waals surface area contributed by atoms with E-state index in [4.69, 9.17) is 4.74 Å². The summed E-state index contributed by atoms with van der Waals surface area (Å²) in [4.78, 5) is 14.2. The number of alkyl halides is 3. The fraction of sp³-hybridized carbons (Fsp3) is 0.588. The third kappa shape index (κ3) is 5.78. The van der Waals surface area contributed by atoms with Crippen LogP contribution in [0.3, 0.4) is 0 Å². The highest BCUT2D eigenvalue weighted by Gasteiger charge is 2.35. The van der Waals surface area contributed by atoms with Crippen molar-refractivity contribution in [1.29, 1.82) is 0 Å². The number of carbonyl (C=O) groups excluding carboxylic acids is 1. The molecule has 1 fully saturated rings. The van der Waals surface area contributed by atoms with Crippen LogP contribution in [0.2, 0.25) is 0 Å². The lowest BCUT2D eigenvalue weighted by Gasteiger charge is -2.34. The van der Waals surface area contributed by atoms with Gasteiger partial charge in [-0.3, -0.25) is 4.79 Å². The summed E-state index contributed by atoms with van der Waals surface area (Å²) in [5, 5.41) is 3.10. The summed E-state index contributed by atoms with van der Waals surface area (Å²) in [6.45, 7) is 3.54. The highest BCUT2D eigenvalue weighted by molar-refractivity contribution is 5.85. The Balaban J connectivity index is 0.00000312. The fourth-order valence-corrected chi connectivity index (χ4v) is 3.02. The van der Waals surface area contributed by atoms with E-state index < -0.39 is 17.8 Å². The second kappa shape index (κ2) is 9.29. The molecular formula is C17H24ClF3N2O2. The quantitative estimate of drug-likeness (QED) is 0.851. The molecule has 2 rings (SSSR count).